The molecular weight excluding hydrogens is 252 g/mol. The normalized spacial score (nSPS) is 12.9. The Morgan fingerprint density at radius 2 is 2.30 bits per heavy atom. The van der Waals surface area contributed by atoms with Crippen LogP contribution in [0.1, 0.15) is 18.1 Å². The van der Waals surface area contributed by atoms with Gasteiger partial charge < -0.3 is 15.8 Å². The van der Waals surface area contributed by atoms with Crippen molar-refractivity contribution in [3.05, 3.63) is 53.8 Å². The number of nitrogens with one attached hydrogen (secondary N) is 1. The van der Waals surface area contributed by atoms with Crippen LogP contribution >= 0.6 is 0 Å². The smallest absolute Gasteiger partial charge is 0.320 e. The number of nitrogens with two attached hydrogens (primary N) is 1. The van der Waals surface area contributed by atoms with Crippen molar-refractivity contribution < 1.29 is 9.90 Å². The van der Waals surface area contributed by atoms with E-state index in [4.69, 9.17) is 10.8 Å². The third-order valence-electron chi connectivity index (χ3n) is 3.12. The van der Waals surface area contributed by atoms with Gasteiger partial charge in [0.2, 0.25) is 0 Å². The van der Waals surface area contributed by atoms with E-state index in [0.717, 1.165) is 27.6 Å². The molecule has 0 fully saturated rings. The molecule has 0 aliphatic rings. The zero-order valence-electron chi connectivity index (χ0n) is 11.4. The van der Waals surface area contributed by atoms with E-state index in [-0.39, 0.29) is 0 Å². The Bertz CT molecular complexity index is 683. The Morgan fingerprint density at radius 1 is 1.55 bits per heavy atom. The van der Waals surface area contributed by atoms with Gasteiger partial charge in [0.05, 0.1) is 0 Å². The molecule has 4 N–H and O–H groups in total. The summed E-state index contributed by atoms with van der Waals surface area (Å²) in [6.45, 7) is 5.77. The first-order chi connectivity index (χ1) is 9.49. The van der Waals surface area contributed by atoms with E-state index in [1.54, 1.807) is 0 Å². The van der Waals surface area contributed by atoms with Crippen molar-refractivity contribution in [2.45, 2.75) is 19.4 Å². The standard InChI is InChI=1S/C16H18N2O2/c1-10(2)6-7-11-4-3-5-14-15(11)12(9-18-14)8-13(17)16(19)20/h3-7,9,13,18H,1,8,17H2,2H3,(H,19,20)/t13-/m0/s1. The van der Waals surface area contributed by atoms with Crippen molar-refractivity contribution in [2.24, 2.45) is 5.73 Å². The average molecular weight is 270 g/mol. The number of rotatable bonds is 5. The fourth-order valence-corrected chi connectivity index (χ4v) is 2.14. The van der Waals surface area contributed by atoms with Crippen LogP contribution in [0.5, 0.6) is 0 Å². The zero-order chi connectivity index (χ0) is 14.7. The van der Waals surface area contributed by atoms with Gasteiger partial charge in [0, 0.05) is 23.5 Å². The minimum absolute atomic E-state index is 0.299. The fraction of sp³-hybridized carbons (Fsp3) is 0.188. The maximum absolute atomic E-state index is 10.9. The van der Waals surface area contributed by atoms with Crippen LogP contribution in [-0.4, -0.2) is 22.1 Å². The van der Waals surface area contributed by atoms with E-state index in [1.807, 2.05) is 43.5 Å². The van der Waals surface area contributed by atoms with Crippen LogP contribution in [0.2, 0.25) is 0 Å². The lowest BCUT2D eigenvalue weighted by atomic mass is 10.0. The van der Waals surface area contributed by atoms with Crippen molar-refractivity contribution in [3.8, 4) is 0 Å². The molecule has 0 radical (unpaired) electrons. The number of aliphatic carboxylic acids is 1. The largest absolute Gasteiger partial charge is 0.480 e. The van der Waals surface area contributed by atoms with Gasteiger partial charge in [-0.25, -0.2) is 0 Å². The Balaban J connectivity index is 2.46. The van der Waals surface area contributed by atoms with Gasteiger partial charge >= 0.3 is 5.97 Å². The molecule has 0 aliphatic heterocycles. The third kappa shape index (κ3) is 2.97. The van der Waals surface area contributed by atoms with Crippen LogP contribution in [0, 0.1) is 0 Å². The van der Waals surface area contributed by atoms with E-state index in [2.05, 4.69) is 11.6 Å². The maximum Gasteiger partial charge on any atom is 0.320 e. The predicted octanol–water partition coefficient (Wildman–Crippen LogP) is 2.71. The van der Waals surface area contributed by atoms with Gasteiger partial charge in [-0.3, -0.25) is 4.79 Å². The molecule has 0 spiro atoms. The second-order valence-electron chi connectivity index (χ2n) is 4.91. The van der Waals surface area contributed by atoms with Crippen molar-refractivity contribution in [1.82, 2.24) is 4.98 Å². The van der Waals surface area contributed by atoms with Gasteiger partial charge in [0.25, 0.3) is 0 Å². The molecule has 0 amide bonds. The molecule has 4 heteroatoms. The van der Waals surface area contributed by atoms with Crippen LogP contribution in [-0.2, 0) is 11.2 Å². The number of carboxylic acids is 1. The number of fused-ring (bicyclic) bond motifs is 1. The number of carboxylic acid groups (broad SMARTS) is 1. The molecule has 1 aromatic heterocycles. The van der Waals surface area contributed by atoms with Gasteiger partial charge in [0.15, 0.2) is 0 Å². The Hall–Kier alpha value is -2.33. The van der Waals surface area contributed by atoms with Crippen molar-refractivity contribution in [2.75, 3.05) is 0 Å². The molecule has 1 aromatic carbocycles. The second-order valence-corrected chi connectivity index (χ2v) is 4.91. The number of hydrogen-bond acceptors (Lipinski definition) is 2. The van der Waals surface area contributed by atoms with Crippen LogP contribution in [0.15, 0.2) is 42.6 Å². The fourth-order valence-electron chi connectivity index (χ4n) is 2.14. The van der Waals surface area contributed by atoms with Gasteiger partial charge in [0.1, 0.15) is 6.04 Å². The first kappa shape index (κ1) is 14.1. The zero-order valence-corrected chi connectivity index (χ0v) is 11.4. The molecule has 0 saturated carbocycles. The topological polar surface area (TPSA) is 79.1 Å². The van der Waals surface area contributed by atoms with Crippen molar-refractivity contribution in [1.29, 1.82) is 0 Å². The summed E-state index contributed by atoms with van der Waals surface area (Å²) in [5, 5.41) is 9.95. The molecule has 2 rings (SSSR count). The number of carbonyl (C=O) groups is 1. The molecular formula is C16H18N2O2. The SMILES string of the molecule is C=C(C)C=Cc1cccc2[nH]cc(C[C@H](N)C(=O)O)c12. The van der Waals surface area contributed by atoms with Crippen LogP contribution in [0.3, 0.4) is 0 Å². The minimum Gasteiger partial charge on any atom is -0.480 e. The van der Waals surface area contributed by atoms with Gasteiger partial charge in [-0.05, 0) is 24.1 Å². The number of H-pyrrole nitrogens is 1. The number of aromatic nitrogens is 1. The maximum atomic E-state index is 10.9. The average Bonchev–Trinajstić information content (AvgIpc) is 2.80. The Morgan fingerprint density at radius 3 is 2.95 bits per heavy atom. The molecule has 0 aliphatic carbocycles. The molecule has 4 nitrogen and oxygen atoms in total. The molecule has 1 heterocycles. The summed E-state index contributed by atoms with van der Waals surface area (Å²) in [6.07, 6.45) is 6.04. The molecule has 0 bridgehead atoms. The first-order valence-electron chi connectivity index (χ1n) is 6.40. The highest BCUT2D eigenvalue weighted by atomic mass is 16.4. The molecule has 2 aromatic rings. The predicted molar refractivity (Wildman–Crippen MR) is 81.5 cm³/mol. The van der Waals surface area contributed by atoms with E-state index in [0.29, 0.717) is 6.42 Å². The van der Waals surface area contributed by atoms with E-state index >= 15 is 0 Å². The van der Waals surface area contributed by atoms with Gasteiger partial charge in [-0.2, -0.15) is 0 Å². The number of hydrogen-bond donors (Lipinski definition) is 3. The van der Waals surface area contributed by atoms with E-state index in [9.17, 15) is 4.79 Å². The lowest BCUT2D eigenvalue weighted by Gasteiger charge is -2.06. The molecule has 0 unspecified atom stereocenters. The Labute approximate surface area is 117 Å². The number of benzene rings is 1. The summed E-state index contributed by atoms with van der Waals surface area (Å²) in [6, 6.07) is 5.01. The molecule has 0 saturated heterocycles. The lowest BCUT2D eigenvalue weighted by Crippen LogP contribution is -2.32. The lowest BCUT2D eigenvalue weighted by molar-refractivity contribution is -0.138. The number of allylic oxidation sites excluding steroid dienone is 2. The van der Waals surface area contributed by atoms with E-state index in [1.165, 1.54) is 0 Å². The van der Waals surface area contributed by atoms with Crippen LogP contribution < -0.4 is 5.73 Å². The van der Waals surface area contributed by atoms with Crippen molar-refractivity contribution >= 4 is 22.9 Å². The van der Waals surface area contributed by atoms with Crippen LogP contribution in [0.4, 0.5) is 0 Å². The van der Waals surface area contributed by atoms with Crippen molar-refractivity contribution in [3.63, 3.8) is 0 Å². The summed E-state index contributed by atoms with van der Waals surface area (Å²) >= 11 is 0. The molecule has 20 heavy (non-hydrogen) atoms. The van der Waals surface area contributed by atoms with Crippen LogP contribution in [0.25, 0.3) is 17.0 Å². The number of aromatic amines is 1. The Kier molecular flexibility index (Phi) is 4.05. The molecule has 104 valence electrons. The summed E-state index contributed by atoms with van der Waals surface area (Å²) in [5.41, 5.74) is 9.50. The molecule has 1 atom stereocenters. The van der Waals surface area contributed by atoms with Gasteiger partial charge in [-0.1, -0.05) is 36.4 Å². The summed E-state index contributed by atoms with van der Waals surface area (Å²) < 4.78 is 0. The quantitative estimate of drug-likeness (QED) is 0.731. The summed E-state index contributed by atoms with van der Waals surface area (Å²) in [7, 11) is 0. The second kappa shape index (κ2) is 5.75. The summed E-state index contributed by atoms with van der Waals surface area (Å²) in [4.78, 5) is 14.1. The van der Waals surface area contributed by atoms with E-state index < -0.39 is 12.0 Å². The highest BCUT2D eigenvalue weighted by molar-refractivity contribution is 5.92. The van der Waals surface area contributed by atoms with Gasteiger partial charge in [-0.15, -0.1) is 0 Å². The highest BCUT2D eigenvalue weighted by Crippen LogP contribution is 2.25. The summed E-state index contributed by atoms with van der Waals surface area (Å²) in [5.74, 6) is -0.991. The monoisotopic (exact) mass is 270 g/mol. The first-order valence-corrected chi connectivity index (χ1v) is 6.40. The highest BCUT2D eigenvalue weighted by Gasteiger charge is 2.15. The minimum atomic E-state index is -0.991. The third-order valence-corrected chi connectivity index (χ3v) is 3.12.